The molecular formula is C17H19NO3S. The molecule has 1 aromatic carbocycles. The second-order valence-corrected chi connectivity index (χ2v) is 7.50. The van der Waals surface area contributed by atoms with Crippen LogP contribution in [0.2, 0.25) is 0 Å². The topological polar surface area (TPSA) is 46.6 Å². The van der Waals surface area contributed by atoms with Crippen molar-refractivity contribution >= 4 is 29.2 Å². The standard InChI is InChI=1S/C17H19NO3S/c1-17(2)8-12-16(13(19)9-17)22-14-7-5-4-6-11(14)18(12)10-15(20)21-3/h4-7H,8-10H2,1-3H3. The van der Waals surface area contributed by atoms with Crippen molar-refractivity contribution in [3.05, 3.63) is 34.9 Å². The molecule has 1 aliphatic carbocycles. The van der Waals surface area contributed by atoms with Crippen LogP contribution in [0.4, 0.5) is 5.69 Å². The molecule has 116 valence electrons. The molecule has 0 saturated carbocycles. The van der Waals surface area contributed by atoms with Crippen LogP contribution in [0.25, 0.3) is 0 Å². The highest BCUT2D eigenvalue weighted by Gasteiger charge is 2.39. The Bertz CT molecular complexity index is 678. The van der Waals surface area contributed by atoms with Crippen molar-refractivity contribution in [2.45, 2.75) is 31.6 Å². The zero-order valence-electron chi connectivity index (χ0n) is 13.0. The fourth-order valence-corrected chi connectivity index (χ4v) is 4.14. The second kappa shape index (κ2) is 5.47. The van der Waals surface area contributed by atoms with E-state index in [2.05, 4.69) is 13.8 Å². The summed E-state index contributed by atoms with van der Waals surface area (Å²) in [5.74, 6) is -0.134. The molecule has 0 N–H and O–H groups in total. The first-order chi connectivity index (χ1) is 10.4. The molecule has 0 atom stereocenters. The van der Waals surface area contributed by atoms with Gasteiger partial charge in [0.25, 0.3) is 0 Å². The number of hydrogen-bond acceptors (Lipinski definition) is 5. The van der Waals surface area contributed by atoms with Gasteiger partial charge in [-0.15, -0.1) is 0 Å². The van der Waals surface area contributed by atoms with Gasteiger partial charge in [-0.25, -0.2) is 0 Å². The Hall–Kier alpha value is -1.75. The van der Waals surface area contributed by atoms with E-state index in [0.717, 1.165) is 27.6 Å². The number of esters is 1. The first kappa shape index (κ1) is 15.2. The average molecular weight is 317 g/mol. The number of carbonyl (C=O) groups is 2. The summed E-state index contributed by atoms with van der Waals surface area (Å²) in [6, 6.07) is 7.87. The SMILES string of the molecule is COC(=O)CN1C2=C(Sc3ccccc31)C(=O)CC(C)(C)C2. The van der Waals surface area contributed by atoms with E-state index in [1.165, 1.54) is 18.9 Å². The van der Waals surface area contributed by atoms with E-state index in [-0.39, 0.29) is 23.7 Å². The fourth-order valence-electron chi connectivity index (χ4n) is 3.00. The Morgan fingerprint density at radius 1 is 1.32 bits per heavy atom. The first-order valence-corrected chi connectivity index (χ1v) is 8.10. The lowest BCUT2D eigenvalue weighted by Gasteiger charge is -2.40. The van der Waals surface area contributed by atoms with E-state index in [1.807, 2.05) is 29.2 Å². The van der Waals surface area contributed by atoms with Crippen LogP contribution in [0, 0.1) is 5.41 Å². The lowest BCUT2D eigenvalue weighted by molar-refractivity contribution is -0.139. The highest BCUT2D eigenvalue weighted by molar-refractivity contribution is 8.04. The molecule has 0 unspecified atom stereocenters. The Balaban J connectivity index is 2.09. The molecule has 0 aromatic heterocycles. The van der Waals surface area contributed by atoms with E-state index in [4.69, 9.17) is 4.74 Å². The number of nitrogens with zero attached hydrogens (tertiary/aromatic N) is 1. The van der Waals surface area contributed by atoms with E-state index < -0.39 is 0 Å². The second-order valence-electron chi connectivity index (χ2n) is 6.45. The van der Waals surface area contributed by atoms with Crippen molar-refractivity contribution in [3.63, 3.8) is 0 Å². The first-order valence-electron chi connectivity index (χ1n) is 7.29. The van der Waals surface area contributed by atoms with Gasteiger partial charge in [-0.05, 0) is 24.0 Å². The lowest BCUT2D eigenvalue weighted by atomic mass is 9.78. The Morgan fingerprint density at radius 2 is 2.05 bits per heavy atom. The number of rotatable bonds is 2. The van der Waals surface area contributed by atoms with Crippen LogP contribution < -0.4 is 4.90 Å². The van der Waals surface area contributed by atoms with Crippen molar-refractivity contribution in [1.82, 2.24) is 0 Å². The number of para-hydroxylation sites is 1. The highest BCUT2D eigenvalue weighted by Crippen LogP contribution is 2.50. The van der Waals surface area contributed by atoms with Gasteiger partial charge in [0.2, 0.25) is 0 Å². The molecule has 0 saturated heterocycles. The van der Waals surface area contributed by atoms with E-state index in [9.17, 15) is 9.59 Å². The molecule has 0 bridgehead atoms. The zero-order valence-corrected chi connectivity index (χ0v) is 13.8. The zero-order chi connectivity index (χ0) is 15.9. The molecule has 0 spiro atoms. The fraction of sp³-hybridized carbons (Fsp3) is 0.412. The van der Waals surface area contributed by atoms with E-state index in [1.54, 1.807) is 0 Å². The number of fused-ring (bicyclic) bond motifs is 1. The van der Waals surface area contributed by atoms with Gasteiger partial charge in [-0.3, -0.25) is 9.59 Å². The van der Waals surface area contributed by atoms with Crippen molar-refractivity contribution < 1.29 is 14.3 Å². The molecular weight excluding hydrogens is 298 g/mol. The quantitative estimate of drug-likeness (QED) is 0.783. The molecule has 1 aliphatic heterocycles. The summed E-state index contributed by atoms with van der Waals surface area (Å²) in [5, 5.41) is 0. The van der Waals surface area contributed by atoms with Crippen LogP contribution >= 0.6 is 11.8 Å². The van der Waals surface area contributed by atoms with Crippen molar-refractivity contribution in [3.8, 4) is 0 Å². The number of thioether (sulfide) groups is 1. The number of ketones is 1. The van der Waals surface area contributed by atoms with Crippen LogP contribution in [-0.4, -0.2) is 25.4 Å². The normalized spacial score (nSPS) is 19.6. The summed E-state index contributed by atoms with van der Waals surface area (Å²) >= 11 is 1.52. The minimum atomic E-state index is -0.301. The third-order valence-corrected chi connectivity index (χ3v) is 5.24. The molecule has 3 rings (SSSR count). The van der Waals surface area contributed by atoms with Crippen LogP contribution in [0.15, 0.2) is 39.8 Å². The summed E-state index contributed by atoms with van der Waals surface area (Å²) in [5.41, 5.74) is 1.84. The summed E-state index contributed by atoms with van der Waals surface area (Å²) in [7, 11) is 1.39. The lowest BCUT2D eigenvalue weighted by Crippen LogP contribution is -2.38. The number of hydrogen-bond donors (Lipinski definition) is 0. The highest BCUT2D eigenvalue weighted by atomic mass is 32.2. The Morgan fingerprint density at radius 3 is 2.77 bits per heavy atom. The van der Waals surface area contributed by atoms with Crippen LogP contribution in [0.1, 0.15) is 26.7 Å². The third-order valence-electron chi connectivity index (χ3n) is 4.01. The molecule has 0 amide bonds. The molecule has 1 aromatic rings. The third kappa shape index (κ3) is 2.65. The number of methoxy groups -OCH3 is 1. The van der Waals surface area contributed by atoms with Gasteiger partial charge in [-0.1, -0.05) is 37.7 Å². The van der Waals surface area contributed by atoms with Crippen molar-refractivity contribution in [2.75, 3.05) is 18.6 Å². The number of ether oxygens (including phenoxy) is 1. The van der Waals surface area contributed by atoms with Gasteiger partial charge in [0, 0.05) is 17.0 Å². The Labute approximate surface area is 134 Å². The number of benzene rings is 1. The molecule has 0 radical (unpaired) electrons. The molecule has 5 heteroatoms. The summed E-state index contributed by atoms with van der Waals surface area (Å²) in [6.45, 7) is 4.32. The summed E-state index contributed by atoms with van der Waals surface area (Å²) in [6.07, 6.45) is 1.33. The number of anilines is 1. The van der Waals surface area contributed by atoms with Crippen LogP contribution in [-0.2, 0) is 14.3 Å². The monoisotopic (exact) mass is 317 g/mol. The minimum Gasteiger partial charge on any atom is -0.468 e. The maximum Gasteiger partial charge on any atom is 0.325 e. The van der Waals surface area contributed by atoms with Gasteiger partial charge in [0.05, 0.1) is 17.7 Å². The molecule has 1 heterocycles. The van der Waals surface area contributed by atoms with Crippen molar-refractivity contribution in [1.29, 1.82) is 0 Å². The largest absolute Gasteiger partial charge is 0.468 e. The summed E-state index contributed by atoms with van der Waals surface area (Å²) < 4.78 is 4.83. The van der Waals surface area contributed by atoms with Crippen LogP contribution in [0.3, 0.4) is 0 Å². The molecule has 0 fully saturated rings. The molecule has 2 aliphatic rings. The van der Waals surface area contributed by atoms with Gasteiger partial charge in [0.15, 0.2) is 5.78 Å². The number of Topliss-reactive ketones (excluding diaryl/α,β-unsaturated/α-hetero) is 1. The number of allylic oxidation sites excluding steroid dienone is 2. The predicted molar refractivity (Wildman–Crippen MR) is 86.7 cm³/mol. The Kier molecular flexibility index (Phi) is 3.77. The number of carbonyl (C=O) groups excluding carboxylic acids is 2. The molecule has 4 nitrogen and oxygen atoms in total. The van der Waals surface area contributed by atoms with Gasteiger partial charge >= 0.3 is 5.97 Å². The average Bonchev–Trinajstić information content (AvgIpc) is 2.47. The summed E-state index contributed by atoms with van der Waals surface area (Å²) in [4.78, 5) is 28.1. The maximum atomic E-state index is 12.5. The van der Waals surface area contributed by atoms with Crippen molar-refractivity contribution in [2.24, 2.45) is 5.41 Å². The minimum absolute atomic E-state index is 0.0862. The predicted octanol–water partition coefficient (Wildman–Crippen LogP) is 3.37. The molecule has 22 heavy (non-hydrogen) atoms. The smallest absolute Gasteiger partial charge is 0.325 e. The van der Waals surface area contributed by atoms with Gasteiger partial charge < -0.3 is 9.64 Å². The van der Waals surface area contributed by atoms with E-state index >= 15 is 0 Å². The maximum absolute atomic E-state index is 12.5. The van der Waals surface area contributed by atoms with E-state index in [0.29, 0.717) is 6.42 Å². The van der Waals surface area contributed by atoms with Gasteiger partial charge in [-0.2, -0.15) is 0 Å². The van der Waals surface area contributed by atoms with Crippen LogP contribution in [0.5, 0.6) is 0 Å². The van der Waals surface area contributed by atoms with Gasteiger partial charge in [0.1, 0.15) is 6.54 Å².